The van der Waals surface area contributed by atoms with Gasteiger partial charge in [0.15, 0.2) is 0 Å². The van der Waals surface area contributed by atoms with Gasteiger partial charge in [-0.05, 0) is 18.6 Å². The van der Waals surface area contributed by atoms with E-state index >= 15 is 0 Å². The normalized spacial score (nSPS) is 16.4. The monoisotopic (exact) mass is 322 g/mol. The predicted octanol–water partition coefficient (Wildman–Crippen LogP) is 0.687. The van der Waals surface area contributed by atoms with Crippen molar-refractivity contribution in [3.05, 3.63) is 24.2 Å². The van der Waals surface area contributed by atoms with E-state index in [2.05, 4.69) is 10.3 Å². The molecule has 0 atom stereocenters. The van der Waals surface area contributed by atoms with E-state index in [9.17, 15) is 9.59 Å². The highest BCUT2D eigenvalue weighted by atomic mass is 16.3. The maximum absolute atomic E-state index is 12.3. The van der Waals surface area contributed by atoms with E-state index < -0.39 is 0 Å². The highest BCUT2D eigenvalue weighted by Gasteiger charge is 2.20. The van der Waals surface area contributed by atoms with E-state index in [0.717, 1.165) is 38.4 Å². The van der Waals surface area contributed by atoms with Gasteiger partial charge in [-0.3, -0.25) is 19.9 Å². The molecule has 0 spiro atoms. The molecule has 0 bridgehead atoms. The van der Waals surface area contributed by atoms with Crippen molar-refractivity contribution in [2.75, 3.05) is 40.3 Å². The van der Waals surface area contributed by atoms with Gasteiger partial charge in [0.2, 0.25) is 11.8 Å². The first-order valence-electron chi connectivity index (χ1n) is 8.04. The van der Waals surface area contributed by atoms with Crippen LogP contribution in [0.25, 0.3) is 0 Å². The standard InChI is InChI=1S/C16H26N4O3/c1-18(2)17-15(21)6-7-16(22)20-9-4-8-19(10-11-20)13-14-5-3-12-23-14/h3,5,12H,4,6-11,13H2,1-2H3,(H,17,21). The van der Waals surface area contributed by atoms with Gasteiger partial charge in [0, 0.05) is 53.1 Å². The molecule has 1 aromatic rings. The van der Waals surface area contributed by atoms with Gasteiger partial charge in [-0.1, -0.05) is 0 Å². The summed E-state index contributed by atoms with van der Waals surface area (Å²) in [6, 6.07) is 3.86. The maximum atomic E-state index is 12.3. The van der Waals surface area contributed by atoms with Crippen LogP contribution in [-0.2, 0) is 16.1 Å². The number of carbonyl (C=O) groups is 2. The fourth-order valence-corrected chi connectivity index (χ4v) is 2.69. The lowest BCUT2D eigenvalue weighted by atomic mass is 10.2. The Hall–Kier alpha value is -1.86. The number of nitrogens with one attached hydrogen (secondary N) is 1. The van der Waals surface area contributed by atoms with Gasteiger partial charge < -0.3 is 9.32 Å². The summed E-state index contributed by atoms with van der Waals surface area (Å²) in [6.45, 7) is 4.01. The molecule has 0 saturated carbocycles. The second-order valence-corrected chi connectivity index (χ2v) is 6.02. The third-order valence-corrected chi connectivity index (χ3v) is 3.82. The molecule has 0 radical (unpaired) electrons. The molecule has 1 N–H and O–H groups in total. The minimum atomic E-state index is -0.127. The fourth-order valence-electron chi connectivity index (χ4n) is 2.69. The summed E-state index contributed by atoms with van der Waals surface area (Å²) in [5, 5.41) is 1.59. The van der Waals surface area contributed by atoms with Gasteiger partial charge in [-0.15, -0.1) is 0 Å². The fraction of sp³-hybridized carbons (Fsp3) is 0.625. The molecule has 23 heavy (non-hydrogen) atoms. The zero-order valence-electron chi connectivity index (χ0n) is 14.0. The van der Waals surface area contributed by atoms with Gasteiger partial charge in [-0.2, -0.15) is 0 Å². The first-order valence-corrected chi connectivity index (χ1v) is 8.04. The smallest absolute Gasteiger partial charge is 0.234 e. The molecule has 0 aliphatic carbocycles. The van der Waals surface area contributed by atoms with Gasteiger partial charge >= 0.3 is 0 Å². The van der Waals surface area contributed by atoms with Gasteiger partial charge in [0.05, 0.1) is 12.8 Å². The zero-order chi connectivity index (χ0) is 16.7. The van der Waals surface area contributed by atoms with Crippen molar-refractivity contribution < 1.29 is 14.0 Å². The molecule has 2 heterocycles. The molecule has 1 saturated heterocycles. The summed E-state index contributed by atoms with van der Waals surface area (Å²) >= 11 is 0. The Morgan fingerprint density at radius 1 is 1.22 bits per heavy atom. The maximum Gasteiger partial charge on any atom is 0.234 e. The Morgan fingerprint density at radius 3 is 2.74 bits per heavy atom. The average molecular weight is 322 g/mol. The molecule has 7 nitrogen and oxygen atoms in total. The van der Waals surface area contributed by atoms with Crippen molar-refractivity contribution in [2.45, 2.75) is 25.8 Å². The number of rotatable bonds is 6. The molecule has 1 fully saturated rings. The Balaban J connectivity index is 1.73. The molecule has 0 unspecified atom stereocenters. The lowest BCUT2D eigenvalue weighted by Gasteiger charge is -2.21. The van der Waals surface area contributed by atoms with E-state index in [0.29, 0.717) is 6.54 Å². The van der Waals surface area contributed by atoms with Crippen LogP contribution in [0.1, 0.15) is 25.0 Å². The van der Waals surface area contributed by atoms with Crippen LogP contribution in [0.3, 0.4) is 0 Å². The van der Waals surface area contributed by atoms with Crippen LogP contribution >= 0.6 is 0 Å². The zero-order valence-corrected chi connectivity index (χ0v) is 14.0. The van der Waals surface area contributed by atoms with Gasteiger partial charge in [0.25, 0.3) is 0 Å². The molecular weight excluding hydrogens is 296 g/mol. The topological polar surface area (TPSA) is 69.0 Å². The van der Waals surface area contributed by atoms with E-state index in [1.807, 2.05) is 17.0 Å². The Kier molecular flexibility index (Phi) is 6.61. The number of hydrogen-bond acceptors (Lipinski definition) is 5. The molecule has 1 aliphatic rings. The van der Waals surface area contributed by atoms with Crippen molar-refractivity contribution >= 4 is 11.8 Å². The molecule has 1 aromatic heterocycles. The number of carbonyl (C=O) groups excluding carboxylic acids is 2. The average Bonchev–Trinajstić information content (AvgIpc) is 2.89. The Labute approximate surface area is 137 Å². The van der Waals surface area contributed by atoms with Crippen LogP contribution in [0.15, 0.2) is 22.8 Å². The third-order valence-electron chi connectivity index (χ3n) is 3.82. The van der Waals surface area contributed by atoms with Crippen molar-refractivity contribution in [1.29, 1.82) is 0 Å². The quantitative estimate of drug-likeness (QED) is 0.780. The van der Waals surface area contributed by atoms with Crippen LogP contribution in [-0.4, -0.2) is 66.9 Å². The first-order chi connectivity index (χ1) is 11.0. The minimum absolute atomic E-state index is 0.0544. The van der Waals surface area contributed by atoms with Crippen LogP contribution in [0, 0.1) is 0 Å². The number of furan rings is 1. The lowest BCUT2D eigenvalue weighted by Crippen LogP contribution is -2.38. The molecule has 2 amide bonds. The Bertz CT molecular complexity index is 501. The minimum Gasteiger partial charge on any atom is -0.468 e. The van der Waals surface area contributed by atoms with Crippen LogP contribution in [0.4, 0.5) is 0 Å². The SMILES string of the molecule is CN(C)NC(=O)CCC(=O)N1CCCN(Cc2ccco2)CC1. The van der Waals surface area contributed by atoms with Crippen molar-refractivity contribution in [3.63, 3.8) is 0 Å². The van der Waals surface area contributed by atoms with E-state index in [1.165, 1.54) is 0 Å². The van der Waals surface area contributed by atoms with Gasteiger partial charge in [-0.25, -0.2) is 5.01 Å². The second-order valence-electron chi connectivity index (χ2n) is 6.02. The highest BCUT2D eigenvalue weighted by Crippen LogP contribution is 2.10. The summed E-state index contributed by atoms with van der Waals surface area (Å²) in [7, 11) is 3.50. The number of hydrazine groups is 1. The van der Waals surface area contributed by atoms with Crippen molar-refractivity contribution in [3.8, 4) is 0 Å². The highest BCUT2D eigenvalue weighted by molar-refractivity contribution is 5.83. The molecule has 7 heteroatoms. The van der Waals surface area contributed by atoms with Crippen LogP contribution < -0.4 is 5.43 Å². The summed E-state index contributed by atoms with van der Waals surface area (Å²) in [4.78, 5) is 28.0. The summed E-state index contributed by atoms with van der Waals surface area (Å²) in [5.74, 6) is 0.876. The number of hydrogen-bond donors (Lipinski definition) is 1. The van der Waals surface area contributed by atoms with Crippen molar-refractivity contribution in [1.82, 2.24) is 20.2 Å². The Morgan fingerprint density at radius 2 is 2.04 bits per heavy atom. The summed E-state index contributed by atoms with van der Waals surface area (Å²) in [5.41, 5.74) is 2.65. The van der Waals surface area contributed by atoms with E-state index in [1.54, 1.807) is 25.4 Å². The molecule has 128 valence electrons. The third kappa shape index (κ3) is 6.03. The van der Waals surface area contributed by atoms with E-state index in [4.69, 9.17) is 4.42 Å². The first kappa shape index (κ1) is 17.5. The largest absolute Gasteiger partial charge is 0.468 e. The number of amides is 2. The van der Waals surface area contributed by atoms with Crippen molar-refractivity contribution in [2.24, 2.45) is 0 Å². The second kappa shape index (κ2) is 8.69. The molecular formula is C16H26N4O3. The summed E-state index contributed by atoms with van der Waals surface area (Å²) in [6.07, 6.45) is 3.11. The number of nitrogens with zero attached hydrogens (tertiary/aromatic N) is 3. The van der Waals surface area contributed by atoms with Crippen LogP contribution in [0.5, 0.6) is 0 Å². The molecule has 0 aromatic carbocycles. The summed E-state index contributed by atoms with van der Waals surface area (Å²) < 4.78 is 5.38. The van der Waals surface area contributed by atoms with Gasteiger partial charge in [0.1, 0.15) is 5.76 Å². The molecule has 2 rings (SSSR count). The lowest BCUT2D eigenvalue weighted by molar-refractivity contribution is -0.134. The predicted molar refractivity (Wildman–Crippen MR) is 86.2 cm³/mol. The van der Waals surface area contributed by atoms with E-state index in [-0.39, 0.29) is 24.7 Å². The molecule has 1 aliphatic heterocycles. The van der Waals surface area contributed by atoms with Crippen LogP contribution in [0.2, 0.25) is 0 Å².